The lowest BCUT2D eigenvalue weighted by molar-refractivity contribution is -0.113. The normalized spacial score (nSPS) is 13.1. The molecular weight excluding hydrogens is 428 g/mol. The van der Waals surface area contributed by atoms with Crippen molar-refractivity contribution in [2.45, 2.75) is 31.0 Å². The van der Waals surface area contributed by atoms with Gasteiger partial charge in [-0.15, -0.1) is 22.7 Å². The summed E-state index contributed by atoms with van der Waals surface area (Å²) in [6.45, 7) is 0.288. The minimum absolute atomic E-state index is 0.0615. The Morgan fingerprint density at radius 2 is 2.31 bits per heavy atom. The summed E-state index contributed by atoms with van der Waals surface area (Å²) < 4.78 is 7.07. The highest BCUT2D eigenvalue weighted by Crippen LogP contribution is 2.35. The van der Waals surface area contributed by atoms with Gasteiger partial charge in [0.05, 0.1) is 23.9 Å². The van der Waals surface area contributed by atoms with Crippen LogP contribution in [0.1, 0.15) is 22.6 Å². The zero-order chi connectivity index (χ0) is 19.8. The first-order valence-electron chi connectivity index (χ1n) is 9.08. The third-order valence-corrected chi connectivity index (χ3v) is 7.55. The number of nitrogens with one attached hydrogen (secondary N) is 1. The van der Waals surface area contributed by atoms with Crippen molar-refractivity contribution in [1.29, 1.82) is 0 Å². The van der Waals surface area contributed by atoms with Gasteiger partial charge in [0.25, 0.3) is 5.56 Å². The van der Waals surface area contributed by atoms with E-state index in [-0.39, 0.29) is 23.8 Å². The molecule has 0 spiro atoms. The molecule has 0 bridgehead atoms. The fraction of sp³-hybridized carbons (Fsp3) is 0.263. The molecule has 4 heterocycles. The number of rotatable bonds is 6. The van der Waals surface area contributed by atoms with Crippen LogP contribution < -0.4 is 10.9 Å². The Morgan fingerprint density at radius 3 is 3.10 bits per heavy atom. The zero-order valence-corrected chi connectivity index (χ0v) is 17.7. The third-order valence-electron chi connectivity index (χ3n) is 4.69. The molecule has 4 aromatic heterocycles. The maximum Gasteiger partial charge on any atom is 0.263 e. The first-order chi connectivity index (χ1) is 14.2. The monoisotopic (exact) mass is 444 g/mol. The van der Waals surface area contributed by atoms with Crippen LogP contribution in [0.15, 0.2) is 44.3 Å². The van der Waals surface area contributed by atoms with Crippen LogP contribution in [0.2, 0.25) is 0 Å². The summed E-state index contributed by atoms with van der Waals surface area (Å²) in [5.74, 6) is 0.632. The Hall–Kier alpha value is -2.43. The molecule has 0 saturated heterocycles. The summed E-state index contributed by atoms with van der Waals surface area (Å²) in [7, 11) is 0. The maximum absolute atomic E-state index is 13.4. The van der Waals surface area contributed by atoms with Crippen molar-refractivity contribution >= 4 is 55.7 Å². The number of nitrogens with zero attached hydrogens (tertiary/aromatic N) is 3. The fourth-order valence-electron chi connectivity index (χ4n) is 3.44. The first-order valence-corrected chi connectivity index (χ1v) is 11.8. The summed E-state index contributed by atoms with van der Waals surface area (Å²) >= 11 is 4.21. The molecule has 0 aliphatic heterocycles. The van der Waals surface area contributed by atoms with Crippen molar-refractivity contribution in [1.82, 2.24) is 14.5 Å². The lowest BCUT2D eigenvalue weighted by Gasteiger charge is -2.11. The van der Waals surface area contributed by atoms with Crippen molar-refractivity contribution in [3.63, 3.8) is 0 Å². The second-order valence-corrected chi connectivity index (χ2v) is 9.50. The molecule has 0 unspecified atom stereocenters. The van der Waals surface area contributed by atoms with E-state index in [4.69, 9.17) is 9.40 Å². The standard InChI is InChI=1S/C19H16N4O3S3/c24-14(21-18-20-6-8-27-18)10-28-19-22-16-15(12-4-1-5-13(12)29-16)17(25)23(19)9-11-3-2-7-26-11/h2-3,6-8H,1,4-5,9-10H2,(H,20,21,24). The summed E-state index contributed by atoms with van der Waals surface area (Å²) in [6.07, 6.45) is 6.24. The number of thioether (sulfide) groups is 1. The number of hydrogen-bond donors (Lipinski definition) is 1. The summed E-state index contributed by atoms with van der Waals surface area (Å²) in [6, 6.07) is 3.63. The van der Waals surface area contributed by atoms with E-state index in [2.05, 4.69) is 10.3 Å². The summed E-state index contributed by atoms with van der Waals surface area (Å²) in [5, 5.41) is 6.36. The van der Waals surface area contributed by atoms with Gasteiger partial charge in [-0.1, -0.05) is 11.8 Å². The van der Waals surface area contributed by atoms with Gasteiger partial charge in [-0.3, -0.25) is 14.2 Å². The number of amides is 1. The number of carbonyl (C=O) groups excluding carboxylic acids is 1. The number of carbonyl (C=O) groups is 1. The second kappa shape index (κ2) is 7.77. The summed E-state index contributed by atoms with van der Waals surface area (Å²) in [5.41, 5.74) is 1.09. The molecule has 1 aliphatic carbocycles. The lowest BCUT2D eigenvalue weighted by atomic mass is 10.2. The van der Waals surface area contributed by atoms with E-state index >= 15 is 0 Å². The van der Waals surface area contributed by atoms with E-state index in [1.54, 1.807) is 39.8 Å². The minimum atomic E-state index is -0.183. The van der Waals surface area contributed by atoms with Crippen LogP contribution >= 0.6 is 34.4 Å². The smallest absolute Gasteiger partial charge is 0.263 e. The molecule has 1 N–H and O–H groups in total. The van der Waals surface area contributed by atoms with Crippen LogP contribution in [0.3, 0.4) is 0 Å². The molecule has 0 atom stereocenters. The quantitative estimate of drug-likeness (QED) is 0.360. The molecule has 148 valence electrons. The highest BCUT2D eigenvalue weighted by atomic mass is 32.2. The van der Waals surface area contributed by atoms with Gasteiger partial charge in [0.2, 0.25) is 5.91 Å². The van der Waals surface area contributed by atoms with E-state index < -0.39 is 0 Å². The largest absolute Gasteiger partial charge is 0.467 e. The molecule has 7 nitrogen and oxygen atoms in total. The van der Waals surface area contributed by atoms with Crippen molar-refractivity contribution in [2.75, 3.05) is 11.1 Å². The van der Waals surface area contributed by atoms with Crippen molar-refractivity contribution < 1.29 is 9.21 Å². The summed E-state index contributed by atoms with van der Waals surface area (Å²) in [4.78, 5) is 36.5. The van der Waals surface area contributed by atoms with Crippen molar-refractivity contribution in [2.24, 2.45) is 0 Å². The minimum Gasteiger partial charge on any atom is -0.467 e. The predicted octanol–water partition coefficient (Wildman–Crippen LogP) is 3.78. The van der Waals surface area contributed by atoms with Crippen LogP contribution in [-0.2, 0) is 24.2 Å². The number of anilines is 1. The first kappa shape index (κ1) is 18.6. The molecule has 29 heavy (non-hydrogen) atoms. The lowest BCUT2D eigenvalue weighted by Crippen LogP contribution is -2.24. The number of thiophene rings is 1. The highest BCUT2D eigenvalue weighted by Gasteiger charge is 2.24. The molecule has 1 amide bonds. The molecular formula is C19H16N4O3S3. The van der Waals surface area contributed by atoms with Gasteiger partial charge in [0.1, 0.15) is 10.6 Å². The molecule has 0 saturated carbocycles. The maximum atomic E-state index is 13.4. The van der Waals surface area contributed by atoms with Crippen LogP contribution in [0.25, 0.3) is 10.2 Å². The Balaban J connectivity index is 1.49. The van der Waals surface area contributed by atoms with E-state index in [0.29, 0.717) is 16.0 Å². The number of aryl methyl sites for hydroxylation is 2. The number of thiazole rings is 1. The average Bonchev–Trinajstić information content (AvgIpc) is 3.47. The molecule has 4 aromatic rings. The highest BCUT2D eigenvalue weighted by molar-refractivity contribution is 7.99. The fourth-order valence-corrected chi connectivity index (χ4v) is 6.08. The number of fused-ring (bicyclic) bond motifs is 3. The molecule has 0 aromatic carbocycles. The van der Waals surface area contributed by atoms with Gasteiger partial charge >= 0.3 is 0 Å². The molecule has 5 rings (SSSR count). The van der Waals surface area contributed by atoms with Gasteiger partial charge in [-0.05, 0) is 37.0 Å². The Labute approximate surface area is 177 Å². The second-order valence-electron chi connectivity index (χ2n) is 6.58. The Morgan fingerprint density at radius 1 is 1.38 bits per heavy atom. The Kier molecular flexibility index (Phi) is 4.98. The van der Waals surface area contributed by atoms with Gasteiger partial charge in [0, 0.05) is 16.5 Å². The number of furan rings is 1. The van der Waals surface area contributed by atoms with Gasteiger partial charge in [-0.2, -0.15) is 0 Å². The predicted molar refractivity (Wildman–Crippen MR) is 115 cm³/mol. The van der Waals surface area contributed by atoms with Crippen LogP contribution in [-0.4, -0.2) is 26.2 Å². The molecule has 10 heteroatoms. The third kappa shape index (κ3) is 3.63. The zero-order valence-electron chi connectivity index (χ0n) is 15.2. The van der Waals surface area contributed by atoms with E-state index in [1.165, 1.54) is 28.0 Å². The molecule has 1 aliphatic rings. The number of aromatic nitrogens is 3. The van der Waals surface area contributed by atoms with Crippen molar-refractivity contribution in [3.05, 3.63) is 56.5 Å². The van der Waals surface area contributed by atoms with Crippen LogP contribution in [0.4, 0.5) is 5.13 Å². The average molecular weight is 445 g/mol. The van der Waals surface area contributed by atoms with Crippen LogP contribution in [0.5, 0.6) is 0 Å². The van der Waals surface area contributed by atoms with Gasteiger partial charge < -0.3 is 9.73 Å². The van der Waals surface area contributed by atoms with Crippen LogP contribution in [0, 0.1) is 0 Å². The molecule has 0 radical (unpaired) electrons. The number of hydrogen-bond acceptors (Lipinski definition) is 8. The Bertz CT molecular complexity index is 1230. The van der Waals surface area contributed by atoms with E-state index in [9.17, 15) is 9.59 Å². The van der Waals surface area contributed by atoms with Crippen molar-refractivity contribution in [3.8, 4) is 0 Å². The van der Waals surface area contributed by atoms with Gasteiger partial charge in [-0.25, -0.2) is 9.97 Å². The topological polar surface area (TPSA) is 90.0 Å². The molecule has 0 fully saturated rings. The van der Waals surface area contributed by atoms with Gasteiger partial charge in [0.15, 0.2) is 10.3 Å². The van der Waals surface area contributed by atoms with E-state index in [0.717, 1.165) is 35.0 Å². The van der Waals surface area contributed by atoms with E-state index in [1.807, 2.05) is 6.07 Å². The SMILES string of the molecule is O=C(CSc1nc2sc3c(c2c(=O)n1Cc1ccco1)CCC3)Nc1nccs1.